The van der Waals surface area contributed by atoms with E-state index in [9.17, 15) is 35.4 Å². The third-order valence-electron chi connectivity index (χ3n) is 5.08. The lowest BCUT2D eigenvalue weighted by Crippen LogP contribution is -2.61. The summed E-state index contributed by atoms with van der Waals surface area (Å²) in [6, 6.07) is 6.02. The van der Waals surface area contributed by atoms with Gasteiger partial charge in [0.1, 0.15) is 54.0 Å². The Bertz CT molecular complexity index is 744. The monoisotopic (exact) mass is 446 g/mol. The third-order valence-corrected chi connectivity index (χ3v) is 5.08. The van der Waals surface area contributed by atoms with E-state index in [1.807, 2.05) is 0 Å². The zero-order valence-electron chi connectivity index (χ0n) is 16.6. The SMILES string of the molecule is COC(=O)c1ccccc1O[C@@H]1O[C@H](COC2OC[C@H](O)[C@H](O)[C@H]2O)[C@@H](O)[C@H](O)[C@H]1O. The van der Waals surface area contributed by atoms with E-state index < -0.39 is 67.9 Å². The first-order valence-corrected chi connectivity index (χ1v) is 9.55. The molecule has 0 aromatic heterocycles. The number of benzene rings is 1. The number of aliphatic hydroxyl groups is 6. The van der Waals surface area contributed by atoms with Crippen molar-refractivity contribution in [2.75, 3.05) is 20.3 Å². The molecule has 2 saturated heterocycles. The molecule has 12 nitrogen and oxygen atoms in total. The van der Waals surface area contributed by atoms with Gasteiger partial charge in [-0.3, -0.25) is 0 Å². The van der Waals surface area contributed by atoms with E-state index in [0.29, 0.717) is 0 Å². The topological polar surface area (TPSA) is 185 Å². The summed E-state index contributed by atoms with van der Waals surface area (Å²) in [6.07, 6.45) is -13.3. The van der Waals surface area contributed by atoms with Crippen LogP contribution in [0.1, 0.15) is 10.4 Å². The summed E-state index contributed by atoms with van der Waals surface area (Å²) >= 11 is 0. The highest BCUT2D eigenvalue weighted by molar-refractivity contribution is 5.92. The molecule has 0 amide bonds. The van der Waals surface area contributed by atoms with Crippen LogP contribution in [0.4, 0.5) is 0 Å². The van der Waals surface area contributed by atoms with Crippen molar-refractivity contribution in [1.82, 2.24) is 0 Å². The standard InChI is InChI=1S/C19H26O12/c1-27-17(26)8-4-2-3-5-10(8)30-19-16(25)14(23)13(22)11(31-19)7-29-18-15(24)12(21)9(20)6-28-18/h2-5,9,11-16,18-25H,6-7H2,1H3/t9-,11+,12-,13+,14-,15+,16+,18?,19+/m0/s1. The Hall–Kier alpha value is -1.87. The number of rotatable bonds is 6. The molecule has 0 aliphatic carbocycles. The van der Waals surface area contributed by atoms with Crippen molar-refractivity contribution in [3.8, 4) is 5.75 Å². The number of hydrogen-bond donors (Lipinski definition) is 6. The van der Waals surface area contributed by atoms with Gasteiger partial charge in [-0.15, -0.1) is 0 Å². The van der Waals surface area contributed by atoms with E-state index in [4.69, 9.17) is 18.9 Å². The summed E-state index contributed by atoms with van der Waals surface area (Å²) in [5.41, 5.74) is 0.0560. The van der Waals surface area contributed by atoms with Crippen LogP contribution in [-0.2, 0) is 18.9 Å². The van der Waals surface area contributed by atoms with Gasteiger partial charge in [-0.25, -0.2) is 4.79 Å². The summed E-state index contributed by atoms with van der Waals surface area (Å²) in [5.74, 6) is -0.671. The second-order valence-electron chi connectivity index (χ2n) is 7.20. The molecule has 0 saturated carbocycles. The summed E-state index contributed by atoms with van der Waals surface area (Å²) in [7, 11) is 1.19. The predicted octanol–water partition coefficient (Wildman–Crippen LogP) is -2.88. The molecule has 1 unspecified atom stereocenters. The average Bonchev–Trinajstić information content (AvgIpc) is 2.78. The van der Waals surface area contributed by atoms with E-state index in [1.54, 1.807) is 12.1 Å². The van der Waals surface area contributed by atoms with Crippen LogP contribution in [0.25, 0.3) is 0 Å². The molecule has 1 aromatic rings. The van der Waals surface area contributed by atoms with Crippen molar-refractivity contribution in [3.63, 3.8) is 0 Å². The minimum absolute atomic E-state index is 0.0183. The number of hydrogen-bond acceptors (Lipinski definition) is 12. The van der Waals surface area contributed by atoms with Gasteiger partial charge in [0.15, 0.2) is 6.29 Å². The van der Waals surface area contributed by atoms with Crippen LogP contribution in [0, 0.1) is 0 Å². The highest BCUT2D eigenvalue weighted by atomic mass is 16.7. The zero-order chi connectivity index (χ0) is 22.7. The van der Waals surface area contributed by atoms with E-state index in [1.165, 1.54) is 19.2 Å². The number of esters is 1. The van der Waals surface area contributed by atoms with Crippen LogP contribution < -0.4 is 4.74 Å². The zero-order valence-corrected chi connectivity index (χ0v) is 16.6. The van der Waals surface area contributed by atoms with Crippen LogP contribution in [0.5, 0.6) is 5.75 Å². The molecule has 1 aromatic carbocycles. The molecule has 9 atom stereocenters. The second-order valence-corrected chi connectivity index (χ2v) is 7.20. The highest BCUT2D eigenvalue weighted by Crippen LogP contribution is 2.28. The molecule has 0 bridgehead atoms. The Labute approximate surface area is 177 Å². The van der Waals surface area contributed by atoms with E-state index >= 15 is 0 Å². The third kappa shape index (κ3) is 5.14. The van der Waals surface area contributed by atoms with E-state index in [-0.39, 0.29) is 17.9 Å². The maximum atomic E-state index is 11.9. The maximum Gasteiger partial charge on any atom is 0.341 e. The first-order valence-electron chi connectivity index (χ1n) is 9.55. The first kappa shape index (κ1) is 23.8. The Kier molecular flexibility index (Phi) is 7.80. The fraction of sp³-hybridized carbons (Fsp3) is 0.632. The second kappa shape index (κ2) is 10.2. The molecule has 0 radical (unpaired) electrons. The summed E-state index contributed by atoms with van der Waals surface area (Å²) < 4.78 is 26.2. The molecule has 2 aliphatic heterocycles. The van der Waals surface area contributed by atoms with Crippen LogP contribution in [0.2, 0.25) is 0 Å². The summed E-state index contributed by atoms with van der Waals surface area (Å²) in [4.78, 5) is 11.9. The smallest absolute Gasteiger partial charge is 0.341 e. The highest BCUT2D eigenvalue weighted by Gasteiger charge is 2.46. The fourth-order valence-corrected chi connectivity index (χ4v) is 3.24. The van der Waals surface area contributed by atoms with Crippen molar-refractivity contribution < 1.29 is 59.1 Å². The number of carbonyl (C=O) groups is 1. The number of ether oxygens (including phenoxy) is 5. The Morgan fingerprint density at radius 2 is 1.65 bits per heavy atom. The van der Waals surface area contributed by atoms with Crippen LogP contribution in [0.3, 0.4) is 0 Å². The quantitative estimate of drug-likeness (QED) is 0.246. The Morgan fingerprint density at radius 1 is 0.968 bits per heavy atom. The van der Waals surface area contributed by atoms with Crippen molar-refractivity contribution in [2.24, 2.45) is 0 Å². The lowest BCUT2D eigenvalue weighted by molar-refractivity contribution is -0.307. The van der Waals surface area contributed by atoms with Gasteiger partial charge in [-0.05, 0) is 12.1 Å². The number of aliphatic hydroxyl groups excluding tert-OH is 6. The molecule has 0 spiro atoms. The minimum atomic E-state index is -1.68. The molecule has 2 fully saturated rings. The summed E-state index contributed by atoms with van der Waals surface area (Å²) in [6.45, 7) is -0.706. The number of para-hydroxylation sites is 1. The normalized spacial score (nSPS) is 38.5. The van der Waals surface area contributed by atoms with E-state index in [2.05, 4.69) is 4.74 Å². The Morgan fingerprint density at radius 3 is 2.35 bits per heavy atom. The van der Waals surface area contributed by atoms with Gasteiger partial charge in [-0.2, -0.15) is 0 Å². The number of methoxy groups -OCH3 is 1. The minimum Gasteiger partial charge on any atom is -0.465 e. The van der Waals surface area contributed by atoms with Crippen LogP contribution >= 0.6 is 0 Å². The average molecular weight is 446 g/mol. The predicted molar refractivity (Wildman–Crippen MR) is 98.8 cm³/mol. The molecular weight excluding hydrogens is 420 g/mol. The fourth-order valence-electron chi connectivity index (χ4n) is 3.24. The molecule has 2 heterocycles. The molecule has 174 valence electrons. The van der Waals surface area contributed by atoms with Crippen LogP contribution in [0.15, 0.2) is 24.3 Å². The molecule has 3 rings (SSSR count). The van der Waals surface area contributed by atoms with Gasteiger partial charge in [-0.1, -0.05) is 12.1 Å². The van der Waals surface area contributed by atoms with Gasteiger partial charge >= 0.3 is 5.97 Å². The first-order chi connectivity index (χ1) is 14.7. The molecular formula is C19H26O12. The van der Waals surface area contributed by atoms with Crippen molar-refractivity contribution in [2.45, 2.75) is 55.3 Å². The van der Waals surface area contributed by atoms with Gasteiger partial charge in [0.25, 0.3) is 0 Å². The van der Waals surface area contributed by atoms with Crippen molar-refractivity contribution in [3.05, 3.63) is 29.8 Å². The molecule has 31 heavy (non-hydrogen) atoms. The van der Waals surface area contributed by atoms with Gasteiger partial charge in [0, 0.05) is 0 Å². The lowest BCUT2D eigenvalue weighted by Gasteiger charge is -2.41. The molecule has 2 aliphatic rings. The molecule has 12 heteroatoms. The number of carbonyl (C=O) groups excluding carboxylic acids is 1. The van der Waals surface area contributed by atoms with Gasteiger partial charge in [0.2, 0.25) is 6.29 Å². The van der Waals surface area contributed by atoms with Crippen molar-refractivity contribution >= 4 is 5.97 Å². The Balaban J connectivity index is 1.68. The van der Waals surface area contributed by atoms with Crippen LogP contribution in [-0.4, -0.2) is 112 Å². The molecule has 6 N–H and O–H groups in total. The lowest BCUT2D eigenvalue weighted by atomic mass is 9.99. The van der Waals surface area contributed by atoms with Gasteiger partial charge in [0.05, 0.1) is 20.3 Å². The summed E-state index contributed by atoms with van der Waals surface area (Å²) in [5, 5.41) is 59.8. The van der Waals surface area contributed by atoms with Crippen molar-refractivity contribution in [1.29, 1.82) is 0 Å². The largest absolute Gasteiger partial charge is 0.465 e. The van der Waals surface area contributed by atoms with Gasteiger partial charge < -0.3 is 54.3 Å². The van der Waals surface area contributed by atoms with E-state index in [0.717, 1.165) is 0 Å². The maximum absolute atomic E-state index is 11.9.